The number of aromatic nitrogens is 1. The van der Waals surface area contributed by atoms with Crippen LogP contribution in [0.4, 0.5) is 0 Å². The van der Waals surface area contributed by atoms with Gasteiger partial charge in [-0.3, -0.25) is 0 Å². The van der Waals surface area contributed by atoms with E-state index in [9.17, 15) is 0 Å². The third kappa shape index (κ3) is 1.96. The van der Waals surface area contributed by atoms with Crippen LogP contribution in [-0.4, -0.2) is 4.98 Å². The molecule has 0 aliphatic carbocycles. The van der Waals surface area contributed by atoms with Crippen molar-refractivity contribution in [3.63, 3.8) is 0 Å². The van der Waals surface area contributed by atoms with E-state index in [1.54, 1.807) is 6.20 Å². The molecule has 2 heterocycles. The highest BCUT2D eigenvalue weighted by molar-refractivity contribution is 14.1. The fraction of sp³-hybridized carbons (Fsp3) is 0.0833. The molecule has 3 nitrogen and oxygen atoms in total. The lowest BCUT2D eigenvalue weighted by atomic mass is 9.98. The molecule has 0 fully saturated rings. The van der Waals surface area contributed by atoms with Crippen molar-refractivity contribution in [1.29, 1.82) is 0 Å². The van der Waals surface area contributed by atoms with Crippen LogP contribution in [0.15, 0.2) is 34.9 Å². The normalized spacial score (nSPS) is 17.0. The zero-order valence-electron chi connectivity index (χ0n) is 8.65. The molecule has 17 heavy (non-hydrogen) atoms. The summed E-state index contributed by atoms with van der Waals surface area (Å²) in [5.41, 5.74) is 8.17. The molecular weight excluding hydrogens is 395 g/mol. The predicted molar refractivity (Wildman–Crippen MR) is 77.2 cm³/mol. The summed E-state index contributed by atoms with van der Waals surface area (Å²) in [6.45, 7) is 0. The fourth-order valence-electron chi connectivity index (χ4n) is 1.88. The van der Waals surface area contributed by atoms with Crippen LogP contribution >= 0.6 is 38.5 Å². The van der Waals surface area contributed by atoms with Crippen LogP contribution < -0.4 is 10.5 Å². The van der Waals surface area contributed by atoms with Gasteiger partial charge in [0.15, 0.2) is 0 Å². The summed E-state index contributed by atoms with van der Waals surface area (Å²) in [7, 11) is 0. The Hall–Kier alpha value is -0.660. The first-order chi connectivity index (χ1) is 8.15. The second-order valence-corrected chi connectivity index (χ2v) is 5.97. The molecule has 0 bridgehead atoms. The number of hydrogen-bond donors (Lipinski definition) is 1. The van der Waals surface area contributed by atoms with Crippen LogP contribution in [0.3, 0.4) is 0 Å². The SMILES string of the molecule is NC1c2cc(I)ccc2Oc2ncc(Br)cc21. The Bertz CT molecular complexity index is 552. The Morgan fingerprint density at radius 2 is 2.12 bits per heavy atom. The zero-order chi connectivity index (χ0) is 12.0. The van der Waals surface area contributed by atoms with Gasteiger partial charge in [0.2, 0.25) is 5.88 Å². The highest BCUT2D eigenvalue weighted by Gasteiger charge is 2.25. The topological polar surface area (TPSA) is 48.1 Å². The van der Waals surface area contributed by atoms with Gasteiger partial charge in [-0.25, -0.2) is 4.98 Å². The summed E-state index contributed by atoms with van der Waals surface area (Å²) in [6.07, 6.45) is 1.71. The minimum Gasteiger partial charge on any atom is -0.438 e. The molecule has 5 heteroatoms. The molecule has 1 aliphatic heterocycles. The van der Waals surface area contributed by atoms with Gasteiger partial charge in [-0.2, -0.15) is 0 Å². The summed E-state index contributed by atoms with van der Waals surface area (Å²) in [5.74, 6) is 1.38. The van der Waals surface area contributed by atoms with Crippen molar-refractivity contribution in [2.24, 2.45) is 5.73 Å². The monoisotopic (exact) mass is 402 g/mol. The number of nitrogens with two attached hydrogens (primary N) is 1. The third-order valence-electron chi connectivity index (χ3n) is 2.69. The number of rotatable bonds is 0. The minimum absolute atomic E-state index is 0.187. The van der Waals surface area contributed by atoms with Crippen molar-refractivity contribution in [3.8, 4) is 11.6 Å². The first-order valence-corrected chi connectivity index (χ1v) is 6.90. The second kappa shape index (κ2) is 4.22. The number of pyridine rings is 1. The lowest BCUT2D eigenvalue weighted by molar-refractivity contribution is 0.428. The lowest BCUT2D eigenvalue weighted by Crippen LogP contribution is -2.18. The number of halogens is 2. The van der Waals surface area contributed by atoms with E-state index in [1.165, 1.54) is 0 Å². The van der Waals surface area contributed by atoms with E-state index in [4.69, 9.17) is 10.5 Å². The van der Waals surface area contributed by atoms with E-state index in [2.05, 4.69) is 43.5 Å². The number of benzene rings is 1. The highest BCUT2D eigenvalue weighted by atomic mass is 127. The Morgan fingerprint density at radius 1 is 1.29 bits per heavy atom. The predicted octanol–water partition coefficient (Wildman–Crippen LogP) is 3.60. The van der Waals surface area contributed by atoms with Crippen molar-refractivity contribution in [3.05, 3.63) is 49.6 Å². The summed E-state index contributed by atoms with van der Waals surface area (Å²) in [6, 6.07) is 7.74. The molecule has 1 unspecified atom stereocenters. The van der Waals surface area contributed by atoms with Crippen LogP contribution in [0.2, 0.25) is 0 Å². The van der Waals surface area contributed by atoms with Crippen molar-refractivity contribution >= 4 is 38.5 Å². The Kier molecular flexibility index (Phi) is 2.84. The van der Waals surface area contributed by atoms with E-state index >= 15 is 0 Å². The highest BCUT2D eigenvalue weighted by Crippen LogP contribution is 2.41. The Balaban J connectivity index is 2.18. The molecule has 0 saturated carbocycles. The van der Waals surface area contributed by atoms with E-state index < -0.39 is 0 Å². The average Bonchev–Trinajstić information content (AvgIpc) is 2.32. The van der Waals surface area contributed by atoms with E-state index in [1.807, 2.05) is 24.3 Å². The molecule has 1 atom stereocenters. The summed E-state index contributed by atoms with van der Waals surface area (Å²) >= 11 is 5.66. The summed E-state index contributed by atoms with van der Waals surface area (Å²) in [4.78, 5) is 4.24. The quantitative estimate of drug-likeness (QED) is 0.685. The molecule has 86 valence electrons. The van der Waals surface area contributed by atoms with E-state index in [0.29, 0.717) is 5.88 Å². The summed E-state index contributed by atoms with van der Waals surface area (Å²) < 4.78 is 7.79. The van der Waals surface area contributed by atoms with Crippen LogP contribution in [-0.2, 0) is 0 Å². The molecule has 0 saturated heterocycles. The number of fused-ring (bicyclic) bond motifs is 2. The number of nitrogens with zero attached hydrogens (tertiary/aromatic N) is 1. The molecule has 3 rings (SSSR count). The van der Waals surface area contributed by atoms with Crippen molar-refractivity contribution in [2.75, 3.05) is 0 Å². The van der Waals surface area contributed by atoms with Crippen molar-refractivity contribution in [2.45, 2.75) is 6.04 Å². The van der Waals surface area contributed by atoms with Gasteiger partial charge in [0.1, 0.15) is 5.75 Å². The van der Waals surface area contributed by atoms with Crippen LogP contribution in [0.25, 0.3) is 0 Å². The molecule has 1 aromatic heterocycles. The maximum absolute atomic E-state index is 6.25. The van der Waals surface area contributed by atoms with Gasteiger partial charge in [-0.15, -0.1) is 0 Å². The molecule has 2 aromatic rings. The standard InChI is InChI=1S/C12H8BrIN2O/c13-6-3-9-11(15)8-4-7(14)1-2-10(8)17-12(9)16-5-6/h1-5,11H,15H2. The maximum atomic E-state index is 6.25. The molecule has 1 aliphatic rings. The molecule has 1 aromatic carbocycles. The van der Waals surface area contributed by atoms with Gasteiger partial charge in [0.25, 0.3) is 0 Å². The van der Waals surface area contributed by atoms with Gasteiger partial charge in [0.05, 0.1) is 6.04 Å². The molecule has 0 amide bonds. The smallest absolute Gasteiger partial charge is 0.224 e. The average molecular weight is 403 g/mol. The first kappa shape index (κ1) is 11.4. The maximum Gasteiger partial charge on any atom is 0.224 e. The number of hydrogen-bond acceptors (Lipinski definition) is 3. The Labute approximate surface area is 121 Å². The number of ether oxygens (including phenoxy) is 1. The van der Waals surface area contributed by atoms with Gasteiger partial charge in [0, 0.05) is 25.4 Å². The third-order valence-corrected chi connectivity index (χ3v) is 3.80. The lowest BCUT2D eigenvalue weighted by Gasteiger charge is -2.24. The van der Waals surface area contributed by atoms with Crippen LogP contribution in [0.1, 0.15) is 17.2 Å². The van der Waals surface area contributed by atoms with Crippen LogP contribution in [0.5, 0.6) is 11.6 Å². The minimum atomic E-state index is -0.187. The molecule has 2 N–H and O–H groups in total. The van der Waals surface area contributed by atoms with Gasteiger partial charge < -0.3 is 10.5 Å². The Morgan fingerprint density at radius 3 is 2.94 bits per heavy atom. The van der Waals surface area contributed by atoms with Gasteiger partial charge in [-0.1, -0.05) is 0 Å². The zero-order valence-corrected chi connectivity index (χ0v) is 12.4. The second-order valence-electron chi connectivity index (χ2n) is 3.81. The van der Waals surface area contributed by atoms with E-state index in [0.717, 1.165) is 24.9 Å². The summed E-state index contributed by atoms with van der Waals surface area (Å²) in [5, 5.41) is 0. The fourth-order valence-corrected chi connectivity index (χ4v) is 2.74. The van der Waals surface area contributed by atoms with E-state index in [-0.39, 0.29) is 6.04 Å². The van der Waals surface area contributed by atoms with Crippen molar-refractivity contribution in [1.82, 2.24) is 4.98 Å². The molecule has 0 spiro atoms. The molecular formula is C12H8BrIN2O. The largest absolute Gasteiger partial charge is 0.438 e. The van der Waals surface area contributed by atoms with Gasteiger partial charge in [-0.05, 0) is 62.8 Å². The van der Waals surface area contributed by atoms with Crippen molar-refractivity contribution < 1.29 is 4.74 Å². The molecule has 0 radical (unpaired) electrons. The van der Waals surface area contributed by atoms with Gasteiger partial charge >= 0.3 is 0 Å². The van der Waals surface area contributed by atoms with Crippen LogP contribution in [0, 0.1) is 3.57 Å². The first-order valence-electron chi connectivity index (χ1n) is 5.03.